The molecule has 1 spiro atoms. The van der Waals surface area contributed by atoms with Gasteiger partial charge in [-0.05, 0) is 61.4 Å². The highest BCUT2D eigenvalue weighted by molar-refractivity contribution is 5.95. The fourth-order valence-corrected chi connectivity index (χ4v) is 5.13. The number of alkyl halides is 6. The SMILES string of the molecule is CC(C)COc1ccccc1CN1CCC2(CCN(C(=O)c3cccc(N(C)C)c3)CC2)C1.O=C(O)C(F)(F)F.O=C(O)C(F)(F)F. The summed E-state index contributed by atoms with van der Waals surface area (Å²) in [5.74, 6) is -3.81. The molecule has 9 nitrogen and oxygen atoms in total. The van der Waals surface area contributed by atoms with Crippen LogP contribution in [0.4, 0.5) is 32.0 Å². The first kappa shape index (κ1) is 39.2. The van der Waals surface area contributed by atoms with Crippen LogP contribution in [0.15, 0.2) is 48.5 Å². The predicted octanol–water partition coefficient (Wildman–Crippen LogP) is 6.18. The molecule has 2 aliphatic heterocycles. The van der Waals surface area contributed by atoms with Crippen LogP contribution in [-0.2, 0) is 16.1 Å². The maximum Gasteiger partial charge on any atom is 0.490 e. The zero-order chi connectivity index (χ0) is 35.6. The van der Waals surface area contributed by atoms with Gasteiger partial charge in [0.05, 0.1) is 6.61 Å². The first-order valence-electron chi connectivity index (χ1n) is 14.8. The minimum atomic E-state index is -5.08. The van der Waals surface area contributed by atoms with Gasteiger partial charge in [-0.15, -0.1) is 0 Å². The van der Waals surface area contributed by atoms with Crippen LogP contribution in [0.25, 0.3) is 0 Å². The first-order chi connectivity index (χ1) is 21.7. The van der Waals surface area contributed by atoms with Gasteiger partial charge in [-0.1, -0.05) is 38.1 Å². The fraction of sp³-hybridized carbons (Fsp3) is 0.531. The van der Waals surface area contributed by atoms with Gasteiger partial charge in [-0.2, -0.15) is 26.3 Å². The lowest BCUT2D eigenvalue weighted by Gasteiger charge is -2.39. The molecule has 2 aliphatic rings. The number of ether oxygens (including phenoxy) is 1. The van der Waals surface area contributed by atoms with E-state index < -0.39 is 24.3 Å². The molecule has 1 amide bonds. The highest BCUT2D eigenvalue weighted by Crippen LogP contribution is 2.41. The highest BCUT2D eigenvalue weighted by atomic mass is 19.4. The second-order valence-corrected chi connectivity index (χ2v) is 12.1. The Morgan fingerprint density at radius 1 is 0.872 bits per heavy atom. The number of carboxylic acids is 2. The molecule has 0 atom stereocenters. The lowest BCUT2D eigenvalue weighted by atomic mass is 9.77. The molecule has 2 fully saturated rings. The van der Waals surface area contributed by atoms with Gasteiger partial charge in [-0.3, -0.25) is 9.69 Å². The summed E-state index contributed by atoms with van der Waals surface area (Å²) in [5.41, 5.74) is 3.49. The maximum absolute atomic E-state index is 13.1. The Morgan fingerprint density at radius 3 is 1.91 bits per heavy atom. The van der Waals surface area contributed by atoms with Gasteiger partial charge in [0.15, 0.2) is 0 Å². The van der Waals surface area contributed by atoms with Gasteiger partial charge < -0.3 is 24.7 Å². The molecule has 0 unspecified atom stereocenters. The first-order valence-corrected chi connectivity index (χ1v) is 14.8. The monoisotopic (exact) mass is 677 g/mol. The molecule has 0 aliphatic carbocycles. The van der Waals surface area contributed by atoms with Gasteiger partial charge in [0.25, 0.3) is 5.91 Å². The number of carbonyl (C=O) groups excluding carboxylic acids is 1. The number of nitrogens with zero attached hydrogens (tertiary/aromatic N) is 3. The molecular formula is C32H41F6N3O6. The van der Waals surface area contributed by atoms with Gasteiger partial charge in [0.1, 0.15) is 5.75 Å². The molecule has 0 bridgehead atoms. The molecular weight excluding hydrogens is 636 g/mol. The molecule has 0 saturated carbocycles. The summed E-state index contributed by atoms with van der Waals surface area (Å²) in [6.07, 6.45) is -6.76. The molecule has 2 aromatic rings. The predicted molar refractivity (Wildman–Crippen MR) is 162 cm³/mol. The van der Waals surface area contributed by atoms with E-state index in [1.54, 1.807) is 0 Å². The van der Waals surface area contributed by atoms with Crippen molar-refractivity contribution in [1.82, 2.24) is 9.80 Å². The summed E-state index contributed by atoms with van der Waals surface area (Å²) >= 11 is 0. The van der Waals surface area contributed by atoms with E-state index in [0.717, 1.165) is 69.2 Å². The second kappa shape index (κ2) is 16.7. The van der Waals surface area contributed by atoms with Crippen molar-refractivity contribution in [2.45, 2.75) is 52.0 Å². The van der Waals surface area contributed by atoms with Crippen LogP contribution in [0.1, 0.15) is 49.0 Å². The summed E-state index contributed by atoms with van der Waals surface area (Å²) in [4.78, 5) is 37.6. The Morgan fingerprint density at radius 2 is 1.40 bits per heavy atom. The molecule has 0 aromatic heterocycles. The number of rotatable bonds is 7. The number of anilines is 1. The second-order valence-electron chi connectivity index (χ2n) is 12.1. The number of carbonyl (C=O) groups is 3. The molecule has 2 aromatic carbocycles. The Kier molecular flexibility index (Phi) is 13.9. The average molecular weight is 678 g/mol. The molecule has 262 valence electrons. The average Bonchev–Trinajstić information content (AvgIpc) is 3.37. The number of likely N-dealkylation sites (tertiary alicyclic amines) is 2. The number of benzene rings is 2. The summed E-state index contributed by atoms with van der Waals surface area (Å²) in [6, 6.07) is 16.4. The smallest absolute Gasteiger partial charge is 0.490 e. The molecule has 47 heavy (non-hydrogen) atoms. The summed E-state index contributed by atoms with van der Waals surface area (Å²) in [7, 11) is 4.02. The van der Waals surface area contributed by atoms with E-state index in [4.69, 9.17) is 24.5 Å². The van der Waals surface area contributed by atoms with E-state index in [-0.39, 0.29) is 5.91 Å². The fourth-order valence-electron chi connectivity index (χ4n) is 5.13. The Balaban J connectivity index is 0.000000459. The van der Waals surface area contributed by atoms with E-state index in [1.165, 1.54) is 12.0 Å². The largest absolute Gasteiger partial charge is 0.493 e. The van der Waals surface area contributed by atoms with Crippen molar-refractivity contribution in [3.63, 3.8) is 0 Å². The topological polar surface area (TPSA) is 111 Å². The van der Waals surface area contributed by atoms with Crippen LogP contribution in [0, 0.1) is 11.3 Å². The summed E-state index contributed by atoms with van der Waals surface area (Å²) < 4.78 is 69.5. The molecule has 4 rings (SSSR count). The number of piperidine rings is 1. The molecule has 2 heterocycles. The molecule has 15 heteroatoms. The summed E-state index contributed by atoms with van der Waals surface area (Å²) in [6.45, 7) is 10.0. The van der Waals surface area contributed by atoms with Crippen molar-refractivity contribution in [3.8, 4) is 5.75 Å². The Hall–Kier alpha value is -4.01. The van der Waals surface area contributed by atoms with Gasteiger partial charge in [0.2, 0.25) is 0 Å². The summed E-state index contributed by atoms with van der Waals surface area (Å²) in [5, 5.41) is 14.2. The van der Waals surface area contributed by atoms with E-state index in [1.807, 2.05) is 43.3 Å². The number of aliphatic carboxylic acids is 2. The lowest BCUT2D eigenvalue weighted by Crippen LogP contribution is -2.44. The van der Waals surface area contributed by atoms with E-state index in [0.29, 0.717) is 11.3 Å². The molecule has 0 radical (unpaired) electrons. The van der Waals surface area contributed by atoms with Crippen LogP contribution >= 0.6 is 0 Å². The van der Waals surface area contributed by atoms with Crippen LogP contribution < -0.4 is 9.64 Å². The minimum Gasteiger partial charge on any atom is -0.493 e. The third-order valence-corrected chi connectivity index (χ3v) is 7.66. The third-order valence-electron chi connectivity index (χ3n) is 7.66. The number of amides is 1. The van der Waals surface area contributed by atoms with Crippen LogP contribution in [0.5, 0.6) is 5.75 Å². The van der Waals surface area contributed by atoms with Gasteiger partial charge in [-0.25, -0.2) is 9.59 Å². The van der Waals surface area contributed by atoms with Crippen molar-refractivity contribution < 1.29 is 55.7 Å². The van der Waals surface area contributed by atoms with E-state index in [9.17, 15) is 31.1 Å². The van der Waals surface area contributed by atoms with E-state index in [2.05, 4.69) is 47.9 Å². The van der Waals surface area contributed by atoms with Crippen LogP contribution in [0.2, 0.25) is 0 Å². The number of hydrogen-bond acceptors (Lipinski definition) is 6. The van der Waals surface area contributed by atoms with Crippen molar-refractivity contribution in [1.29, 1.82) is 0 Å². The third kappa shape index (κ3) is 12.6. The van der Waals surface area contributed by atoms with Crippen molar-refractivity contribution >= 4 is 23.5 Å². The number of halogens is 6. The normalized spacial score (nSPS) is 16.1. The standard InChI is InChI=1S/C28H39N3O2.2C2HF3O2/c1-22(2)20-33-26-11-6-5-8-24(26)19-30-15-12-28(21-30)13-16-31(17-14-28)27(32)23-9-7-10-25(18-23)29(3)4;2*3-2(4,5)1(6)7/h5-11,18,22H,12-17,19-21H2,1-4H3;2*(H,6,7). The lowest BCUT2D eigenvalue weighted by molar-refractivity contribution is -0.193. The number of para-hydroxylation sites is 1. The van der Waals surface area contributed by atoms with Crippen LogP contribution in [-0.4, -0.2) is 97.1 Å². The quantitative estimate of drug-likeness (QED) is 0.335. The Bertz CT molecular complexity index is 1320. The van der Waals surface area contributed by atoms with Gasteiger partial charge in [0, 0.05) is 57.1 Å². The van der Waals surface area contributed by atoms with Crippen LogP contribution in [0.3, 0.4) is 0 Å². The number of carboxylic acid groups (broad SMARTS) is 2. The van der Waals surface area contributed by atoms with Crippen molar-refractivity contribution in [2.75, 3.05) is 51.8 Å². The van der Waals surface area contributed by atoms with Crippen molar-refractivity contribution in [3.05, 3.63) is 59.7 Å². The zero-order valence-corrected chi connectivity index (χ0v) is 26.7. The maximum atomic E-state index is 13.1. The minimum absolute atomic E-state index is 0.166. The zero-order valence-electron chi connectivity index (χ0n) is 26.7. The Labute approximate surface area is 269 Å². The highest BCUT2D eigenvalue weighted by Gasteiger charge is 2.42. The number of hydrogen-bond donors (Lipinski definition) is 2. The molecule has 2 N–H and O–H groups in total. The van der Waals surface area contributed by atoms with Gasteiger partial charge >= 0.3 is 24.3 Å². The van der Waals surface area contributed by atoms with Crippen molar-refractivity contribution in [2.24, 2.45) is 11.3 Å². The molecule has 2 saturated heterocycles. The van der Waals surface area contributed by atoms with E-state index >= 15 is 0 Å².